The summed E-state index contributed by atoms with van der Waals surface area (Å²) < 4.78 is 29.6. The number of nitrogens with zero attached hydrogens (tertiary/aromatic N) is 2. The quantitative estimate of drug-likeness (QED) is 0.172. The summed E-state index contributed by atoms with van der Waals surface area (Å²) in [6.07, 6.45) is 5.31. The van der Waals surface area contributed by atoms with Crippen molar-refractivity contribution in [1.82, 2.24) is 10.2 Å². The van der Waals surface area contributed by atoms with E-state index < -0.39 is 28.5 Å². The minimum atomic E-state index is -4.20. The molecule has 2 amide bonds. The van der Waals surface area contributed by atoms with Crippen molar-refractivity contribution in [1.29, 1.82) is 0 Å². The number of halogens is 1. The molecular formula is C38H42ClN3O4S. The Morgan fingerprint density at radius 3 is 2.15 bits per heavy atom. The summed E-state index contributed by atoms with van der Waals surface area (Å²) in [5, 5.41) is 3.59. The summed E-state index contributed by atoms with van der Waals surface area (Å²) in [7, 11) is -4.20. The van der Waals surface area contributed by atoms with Crippen LogP contribution < -0.4 is 9.62 Å². The Bertz CT molecular complexity index is 1780. The van der Waals surface area contributed by atoms with E-state index in [2.05, 4.69) is 5.32 Å². The Morgan fingerprint density at radius 1 is 0.830 bits per heavy atom. The molecule has 1 saturated carbocycles. The Kier molecular flexibility index (Phi) is 11.4. The maximum Gasteiger partial charge on any atom is 0.264 e. The van der Waals surface area contributed by atoms with Gasteiger partial charge >= 0.3 is 0 Å². The Hall–Kier alpha value is -4.14. The van der Waals surface area contributed by atoms with Gasteiger partial charge in [-0.3, -0.25) is 13.9 Å². The Balaban J connectivity index is 1.59. The zero-order chi connectivity index (χ0) is 33.4. The third-order valence-corrected chi connectivity index (χ3v) is 10.9. The third kappa shape index (κ3) is 8.62. The van der Waals surface area contributed by atoms with Crippen LogP contribution in [-0.2, 0) is 32.6 Å². The fourth-order valence-corrected chi connectivity index (χ4v) is 7.81. The summed E-state index contributed by atoms with van der Waals surface area (Å²) >= 11 is 6.39. The SMILES string of the molecule is Cc1ccccc1CN(C(=O)CN(c1cc(Cl)ccc1C)S(=O)(=O)c1ccccc1)[C@@H](Cc1ccccc1)C(=O)NC1CCCCC1. The highest BCUT2D eigenvalue weighted by atomic mass is 35.5. The van der Waals surface area contributed by atoms with Gasteiger partial charge in [-0.1, -0.05) is 110 Å². The number of sulfonamides is 1. The van der Waals surface area contributed by atoms with Crippen LogP contribution >= 0.6 is 11.6 Å². The molecule has 0 bridgehead atoms. The van der Waals surface area contributed by atoms with Gasteiger partial charge in [-0.25, -0.2) is 8.42 Å². The van der Waals surface area contributed by atoms with E-state index >= 15 is 0 Å². The highest BCUT2D eigenvalue weighted by molar-refractivity contribution is 7.92. The van der Waals surface area contributed by atoms with E-state index in [4.69, 9.17) is 11.6 Å². The second-order valence-electron chi connectivity index (χ2n) is 12.3. The molecule has 4 aromatic rings. The average molecular weight is 672 g/mol. The minimum absolute atomic E-state index is 0.0361. The van der Waals surface area contributed by atoms with Crippen molar-refractivity contribution in [3.05, 3.63) is 130 Å². The largest absolute Gasteiger partial charge is 0.352 e. The van der Waals surface area contributed by atoms with Crippen LogP contribution in [0.25, 0.3) is 0 Å². The van der Waals surface area contributed by atoms with Crippen molar-refractivity contribution >= 4 is 39.1 Å². The summed E-state index contributed by atoms with van der Waals surface area (Å²) in [4.78, 5) is 30.6. The number of nitrogens with one attached hydrogen (secondary N) is 1. The first kappa shape index (κ1) is 34.2. The molecule has 0 saturated heterocycles. The molecule has 0 aromatic heterocycles. The van der Waals surface area contributed by atoms with Crippen LogP contribution in [0.4, 0.5) is 5.69 Å². The van der Waals surface area contributed by atoms with Gasteiger partial charge in [-0.05, 0) is 73.2 Å². The predicted octanol–water partition coefficient (Wildman–Crippen LogP) is 7.24. The van der Waals surface area contributed by atoms with Crippen molar-refractivity contribution in [2.45, 2.75) is 75.9 Å². The molecule has 4 aromatic carbocycles. The van der Waals surface area contributed by atoms with E-state index in [1.807, 2.05) is 61.5 Å². The molecule has 1 aliphatic rings. The molecule has 1 atom stereocenters. The molecule has 0 radical (unpaired) electrons. The fourth-order valence-electron chi connectivity index (χ4n) is 6.15. The number of amides is 2. The highest BCUT2D eigenvalue weighted by Crippen LogP contribution is 2.30. The summed E-state index contributed by atoms with van der Waals surface area (Å²) in [5.74, 6) is -0.731. The topological polar surface area (TPSA) is 86.8 Å². The molecule has 246 valence electrons. The molecule has 47 heavy (non-hydrogen) atoms. The second kappa shape index (κ2) is 15.6. The molecule has 0 heterocycles. The molecule has 1 fully saturated rings. The normalized spacial score (nSPS) is 14.3. The van der Waals surface area contributed by atoms with Crippen LogP contribution in [-0.4, -0.2) is 43.8 Å². The fraction of sp³-hybridized carbons (Fsp3) is 0.316. The van der Waals surface area contributed by atoms with Gasteiger partial charge in [-0.15, -0.1) is 0 Å². The van der Waals surface area contributed by atoms with Crippen LogP contribution in [0, 0.1) is 13.8 Å². The van der Waals surface area contributed by atoms with Gasteiger partial charge in [-0.2, -0.15) is 0 Å². The van der Waals surface area contributed by atoms with Gasteiger partial charge in [0.05, 0.1) is 10.6 Å². The third-order valence-electron chi connectivity index (χ3n) is 8.87. The van der Waals surface area contributed by atoms with E-state index in [0.717, 1.165) is 53.1 Å². The number of hydrogen-bond donors (Lipinski definition) is 1. The number of rotatable bonds is 12. The standard InChI is InChI=1S/C38H42ClN3O4S/c1-28-14-12-13-17-31(28)26-41(36(24-30-15-6-3-7-16-30)38(44)40-33-18-8-4-9-19-33)37(43)27-42(35-25-32(39)23-22-29(35)2)47(45,46)34-20-10-5-11-21-34/h3,5-7,10-17,20-23,25,33,36H,4,8-9,18-19,24,26-27H2,1-2H3,(H,40,44)/t36-/m0/s1. The first-order valence-electron chi connectivity index (χ1n) is 16.2. The highest BCUT2D eigenvalue weighted by Gasteiger charge is 2.36. The summed E-state index contributed by atoms with van der Waals surface area (Å²) in [6.45, 7) is 3.36. The van der Waals surface area contributed by atoms with Crippen molar-refractivity contribution in [2.75, 3.05) is 10.8 Å². The molecule has 1 aliphatic carbocycles. The second-order valence-corrected chi connectivity index (χ2v) is 14.6. The van der Waals surface area contributed by atoms with Crippen molar-refractivity contribution in [2.24, 2.45) is 0 Å². The first-order valence-corrected chi connectivity index (χ1v) is 18.0. The Morgan fingerprint density at radius 2 is 1.47 bits per heavy atom. The van der Waals surface area contributed by atoms with Crippen LogP contribution in [0.3, 0.4) is 0 Å². The Labute approximate surface area is 283 Å². The summed E-state index contributed by atoms with van der Waals surface area (Å²) in [6, 6.07) is 29.5. The average Bonchev–Trinajstić information content (AvgIpc) is 3.08. The molecule has 1 N–H and O–H groups in total. The first-order chi connectivity index (χ1) is 22.6. The number of benzene rings is 4. The number of hydrogen-bond acceptors (Lipinski definition) is 4. The van der Waals surface area contributed by atoms with Gasteiger partial charge in [0.2, 0.25) is 11.8 Å². The molecule has 7 nitrogen and oxygen atoms in total. The van der Waals surface area contributed by atoms with Gasteiger partial charge in [0.25, 0.3) is 10.0 Å². The molecule has 0 aliphatic heterocycles. The number of carbonyl (C=O) groups excluding carboxylic acids is 2. The van der Waals surface area contributed by atoms with E-state index in [1.54, 1.807) is 48.2 Å². The lowest BCUT2D eigenvalue weighted by atomic mass is 9.94. The number of aryl methyl sites for hydroxylation is 2. The lowest BCUT2D eigenvalue weighted by Gasteiger charge is -2.35. The number of anilines is 1. The van der Waals surface area contributed by atoms with E-state index in [1.165, 1.54) is 12.1 Å². The molecular weight excluding hydrogens is 630 g/mol. The van der Waals surface area contributed by atoms with Crippen LogP contribution in [0.5, 0.6) is 0 Å². The molecule has 0 unspecified atom stereocenters. The van der Waals surface area contributed by atoms with E-state index in [0.29, 0.717) is 16.3 Å². The van der Waals surface area contributed by atoms with Gasteiger partial charge in [0.1, 0.15) is 12.6 Å². The van der Waals surface area contributed by atoms with E-state index in [-0.39, 0.29) is 29.8 Å². The smallest absolute Gasteiger partial charge is 0.264 e. The zero-order valence-electron chi connectivity index (χ0n) is 26.9. The van der Waals surface area contributed by atoms with Crippen molar-refractivity contribution < 1.29 is 18.0 Å². The molecule has 9 heteroatoms. The maximum absolute atomic E-state index is 14.8. The van der Waals surface area contributed by atoms with Gasteiger partial charge in [0, 0.05) is 24.0 Å². The minimum Gasteiger partial charge on any atom is -0.352 e. The number of carbonyl (C=O) groups is 2. The molecule has 0 spiro atoms. The van der Waals surface area contributed by atoms with Gasteiger partial charge in [0.15, 0.2) is 0 Å². The van der Waals surface area contributed by atoms with Crippen molar-refractivity contribution in [3.63, 3.8) is 0 Å². The summed E-state index contributed by atoms with van der Waals surface area (Å²) in [5.41, 5.74) is 3.69. The van der Waals surface area contributed by atoms with Crippen LogP contribution in [0.1, 0.15) is 54.4 Å². The van der Waals surface area contributed by atoms with Crippen LogP contribution in [0.2, 0.25) is 5.02 Å². The van der Waals surface area contributed by atoms with Crippen molar-refractivity contribution in [3.8, 4) is 0 Å². The van der Waals surface area contributed by atoms with Crippen LogP contribution in [0.15, 0.2) is 108 Å². The monoisotopic (exact) mass is 671 g/mol. The molecule has 5 rings (SSSR count). The van der Waals surface area contributed by atoms with Gasteiger partial charge < -0.3 is 10.2 Å². The predicted molar refractivity (Wildman–Crippen MR) is 188 cm³/mol. The lowest BCUT2D eigenvalue weighted by Crippen LogP contribution is -2.55. The van der Waals surface area contributed by atoms with E-state index in [9.17, 15) is 18.0 Å². The lowest BCUT2D eigenvalue weighted by molar-refractivity contribution is -0.140. The zero-order valence-corrected chi connectivity index (χ0v) is 28.5. The maximum atomic E-state index is 14.8.